The van der Waals surface area contributed by atoms with Crippen LogP contribution in [0.1, 0.15) is 30.0 Å². The summed E-state index contributed by atoms with van der Waals surface area (Å²) in [6.45, 7) is 0. The fraction of sp³-hybridized carbons (Fsp3) is 0.263. The van der Waals surface area contributed by atoms with E-state index in [1.165, 1.54) is 7.11 Å². The molecule has 2 aromatic carbocycles. The molecular formula is C19H18ClNO3. The number of carbonyl (C=O) groups excluding carboxylic acids is 2. The van der Waals surface area contributed by atoms with Crippen LogP contribution in [0.15, 0.2) is 54.6 Å². The third-order valence-corrected chi connectivity index (χ3v) is 4.56. The summed E-state index contributed by atoms with van der Waals surface area (Å²) < 4.78 is 4.90. The average Bonchev–Trinajstić information content (AvgIpc) is 2.99. The first kappa shape index (κ1) is 16.5. The number of benzene rings is 2. The Labute approximate surface area is 146 Å². The van der Waals surface area contributed by atoms with Gasteiger partial charge in [-0.25, -0.2) is 4.79 Å². The number of hydrogen-bond acceptors (Lipinski definition) is 3. The monoisotopic (exact) mass is 343 g/mol. The van der Waals surface area contributed by atoms with Gasteiger partial charge in [0, 0.05) is 11.4 Å². The topological polar surface area (TPSA) is 46.6 Å². The standard InChI is InChI=1S/C19H18ClNO3/c1-24-19(23)16-11-12-17(22)21(16)18(13-5-3-2-4-6-13)14-7-9-15(20)10-8-14/h2-10,16,18H,11-12H2,1H3/t16-,18?/m0/s1. The Kier molecular flexibility index (Phi) is 4.86. The highest BCUT2D eigenvalue weighted by molar-refractivity contribution is 6.30. The maximum atomic E-state index is 12.6. The van der Waals surface area contributed by atoms with Crippen LogP contribution in [0.2, 0.25) is 5.02 Å². The van der Waals surface area contributed by atoms with Crippen LogP contribution in [0, 0.1) is 0 Å². The molecule has 24 heavy (non-hydrogen) atoms. The van der Waals surface area contributed by atoms with Gasteiger partial charge in [-0.2, -0.15) is 0 Å². The maximum Gasteiger partial charge on any atom is 0.328 e. The van der Waals surface area contributed by atoms with Crippen LogP contribution in [-0.4, -0.2) is 29.9 Å². The van der Waals surface area contributed by atoms with Crippen LogP contribution in [0.3, 0.4) is 0 Å². The second-order valence-electron chi connectivity index (χ2n) is 5.74. The lowest BCUT2D eigenvalue weighted by Gasteiger charge is -2.32. The fourth-order valence-electron chi connectivity index (χ4n) is 3.19. The molecule has 0 aromatic heterocycles. The fourth-order valence-corrected chi connectivity index (χ4v) is 3.31. The minimum atomic E-state index is -0.566. The second-order valence-corrected chi connectivity index (χ2v) is 6.18. The van der Waals surface area contributed by atoms with E-state index in [2.05, 4.69) is 0 Å². The SMILES string of the molecule is COC(=O)[C@@H]1CCC(=O)N1C(c1ccccc1)c1ccc(Cl)cc1. The number of likely N-dealkylation sites (tertiary alicyclic amines) is 1. The lowest BCUT2D eigenvalue weighted by molar-refractivity contribution is -0.150. The van der Waals surface area contributed by atoms with Crippen LogP contribution >= 0.6 is 11.6 Å². The molecule has 2 atom stereocenters. The molecule has 0 radical (unpaired) electrons. The molecule has 124 valence electrons. The molecule has 3 rings (SSSR count). The van der Waals surface area contributed by atoms with Gasteiger partial charge in [-0.1, -0.05) is 54.1 Å². The number of halogens is 1. The van der Waals surface area contributed by atoms with Gasteiger partial charge in [-0.15, -0.1) is 0 Å². The molecule has 1 unspecified atom stereocenters. The summed E-state index contributed by atoms with van der Waals surface area (Å²) in [7, 11) is 1.35. The van der Waals surface area contributed by atoms with Crippen molar-refractivity contribution in [2.75, 3.05) is 7.11 Å². The first-order valence-electron chi connectivity index (χ1n) is 7.81. The summed E-state index contributed by atoms with van der Waals surface area (Å²) >= 11 is 6.00. The van der Waals surface area contributed by atoms with Gasteiger partial charge in [0.05, 0.1) is 13.2 Å². The Morgan fingerprint density at radius 3 is 2.38 bits per heavy atom. The van der Waals surface area contributed by atoms with Gasteiger partial charge in [-0.3, -0.25) is 4.79 Å². The smallest absolute Gasteiger partial charge is 0.328 e. The average molecular weight is 344 g/mol. The summed E-state index contributed by atoms with van der Waals surface area (Å²) in [5, 5.41) is 0.628. The third kappa shape index (κ3) is 3.15. The van der Waals surface area contributed by atoms with Crippen molar-refractivity contribution in [1.82, 2.24) is 4.90 Å². The molecule has 4 nitrogen and oxygen atoms in total. The molecule has 1 heterocycles. The zero-order chi connectivity index (χ0) is 17.1. The van der Waals surface area contributed by atoms with E-state index in [0.29, 0.717) is 17.9 Å². The quantitative estimate of drug-likeness (QED) is 0.797. The molecule has 0 bridgehead atoms. The number of methoxy groups -OCH3 is 1. The highest BCUT2D eigenvalue weighted by atomic mass is 35.5. The van der Waals surface area contributed by atoms with Gasteiger partial charge in [0.2, 0.25) is 5.91 Å². The Morgan fingerprint density at radius 1 is 1.12 bits per heavy atom. The normalized spacial score (nSPS) is 18.5. The molecule has 1 aliphatic rings. The van der Waals surface area contributed by atoms with Crippen molar-refractivity contribution >= 4 is 23.5 Å². The predicted molar refractivity (Wildman–Crippen MR) is 91.6 cm³/mol. The van der Waals surface area contributed by atoms with E-state index >= 15 is 0 Å². The van der Waals surface area contributed by atoms with E-state index in [-0.39, 0.29) is 17.9 Å². The minimum absolute atomic E-state index is 0.0470. The second kappa shape index (κ2) is 7.05. The highest BCUT2D eigenvalue weighted by Crippen LogP contribution is 2.36. The number of nitrogens with zero attached hydrogens (tertiary/aromatic N) is 1. The molecule has 1 aliphatic heterocycles. The zero-order valence-electron chi connectivity index (χ0n) is 13.3. The van der Waals surface area contributed by atoms with Crippen molar-refractivity contribution in [1.29, 1.82) is 0 Å². The molecule has 5 heteroatoms. The van der Waals surface area contributed by atoms with Gasteiger partial charge in [0.15, 0.2) is 0 Å². The van der Waals surface area contributed by atoms with Crippen LogP contribution in [0.25, 0.3) is 0 Å². The predicted octanol–water partition coefficient (Wildman–Crippen LogP) is 3.59. The number of esters is 1. The zero-order valence-corrected chi connectivity index (χ0v) is 14.1. The molecule has 0 aliphatic carbocycles. The number of ether oxygens (including phenoxy) is 1. The Bertz CT molecular complexity index is 730. The number of carbonyl (C=O) groups is 2. The lowest BCUT2D eigenvalue weighted by Crippen LogP contribution is -2.42. The van der Waals surface area contributed by atoms with E-state index < -0.39 is 6.04 Å². The molecule has 0 N–H and O–H groups in total. The summed E-state index contributed by atoms with van der Waals surface area (Å²) in [5.74, 6) is -0.426. The summed E-state index contributed by atoms with van der Waals surface area (Å²) in [5.41, 5.74) is 1.86. The van der Waals surface area contributed by atoms with E-state index in [0.717, 1.165) is 11.1 Å². The summed E-state index contributed by atoms with van der Waals surface area (Å²) in [6.07, 6.45) is 0.819. The van der Waals surface area contributed by atoms with Crippen molar-refractivity contribution in [2.24, 2.45) is 0 Å². The van der Waals surface area contributed by atoms with Crippen LogP contribution in [-0.2, 0) is 14.3 Å². The molecule has 1 fully saturated rings. The number of hydrogen-bond donors (Lipinski definition) is 0. The van der Waals surface area contributed by atoms with Crippen molar-refractivity contribution in [3.8, 4) is 0 Å². The Morgan fingerprint density at radius 2 is 1.75 bits per heavy atom. The van der Waals surface area contributed by atoms with Gasteiger partial charge in [-0.05, 0) is 29.7 Å². The van der Waals surface area contributed by atoms with Gasteiger partial charge in [0.1, 0.15) is 6.04 Å². The van der Waals surface area contributed by atoms with Gasteiger partial charge in [0.25, 0.3) is 0 Å². The molecular weight excluding hydrogens is 326 g/mol. The molecule has 0 saturated carbocycles. The first-order chi connectivity index (χ1) is 11.6. The minimum Gasteiger partial charge on any atom is -0.467 e. The maximum absolute atomic E-state index is 12.6. The summed E-state index contributed by atoms with van der Waals surface area (Å²) in [4.78, 5) is 26.3. The van der Waals surface area contributed by atoms with E-state index in [1.807, 2.05) is 42.5 Å². The molecule has 1 amide bonds. The number of rotatable bonds is 4. The largest absolute Gasteiger partial charge is 0.467 e. The molecule has 2 aromatic rings. The lowest BCUT2D eigenvalue weighted by atomic mass is 9.96. The third-order valence-electron chi connectivity index (χ3n) is 4.31. The van der Waals surface area contributed by atoms with Crippen molar-refractivity contribution in [3.05, 3.63) is 70.7 Å². The van der Waals surface area contributed by atoms with Crippen molar-refractivity contribution in [3.63, 3.8) is 0 Å². The first-order valence-corrected chi connectivity index (χ1v) is 8.19. The van der Waals surface area contributed by atoms with Crippen molar-refractivity contribution in [2.45, 2.75) is 24.9 Å². The van der Waals surface area contributed by atoms with E-state index in [4.69, 9.17) is 16.3 Å². The molecule has 0 spiro atoms. The Balaban J connectivity index is 2.08. The Hall–Kier alpha value is -2.33. The van der Waals surface area contributed by atoms with Crippen LogP contribution in [0.5, 0.6) is 0 Å². The van der Waals surface area contributed by atoms with E-state index in [1.54, 1.807) is 17.0 Å². The van der Waals surface area contributed by atoms with Gasteiger partial charge < -0.3 is 9.64 Å². The van der Waals surface area contributed by atoms with E-state index in [9.17, 15) is 9.59 Å². The highest BCUT2D eigenvalue weighted by Gasteiger charge is 2.42. The summed E-state index contributed by atoms with van der Waals surface area (Å²) in [6, 6.07) is 16.1. The van der Waals surface area contributed by atoms with Gasteiger partial charge >= 0.3 is 5.97 Å². The molecule has 1 saturated heterocycles. The van der Waals surface area contributed by atoms with Crippen LogP contribution in [0.4, 0.5) is 0 Å². The number of amides is 1. The van der Waals surface area contributed by atoms with Crippen LogP contribution < -0.4 is 0 Å². The van der Waals surface area contributed by atoms with Crippen molar-refractivity contribution < 1.29 is 14.3 Å².